The van der Waals surface area contributed by atoms with Crippen LogP contribution < -0.4 is 9.47 Å². The Bertz CT molecular complexity index is 635. The van der Waals surface area contributed by atoms with Crippen molar-refractivity contribution in [3.05, 3.63) is 47.0 Å². The molecule has 2 aromatic carbocycles. The summed E-state index contributed by atoms with van der Waals surface area (Å²) in [5.41, 5.74) is 2.73. The van der Waals surface area contributed by atoms with Crippen molar-refractivity contribution in [2.45, 2.75) is 19.8 Å². The van der Waals surface area contributed by atoms with Gasteiger partial charge in [-0.3, -0.25) is 0 Å². The molecule has 0 saturated carbocycles. The van der Waals surface area contributed by atoms with Crippen LogP contribution in [0, 0.1) is 6.92 Å². The van der Waals surface area contributed by atoms with Gasteiger partial charge in [0.25, 0.3) is 0 Å². The molecular weight excluding hydrogens is 268 g/mol. The molecule has 0 fully saturated rings. The highest BCUT2D eigenvalue weighted by molar-refractivity contribution is 5.46. The van der Waals surface area contributed by atoms with Crippen molar-refractivity contribution < 1.29 is 19.7 Å². The maximum atomic E-state index is 9.76. The quantitative estimate of drug-likeness (QED) is 0.887. The maximum Gasteiger partial charge on any atom is 0.122 e. The largest absolute Gasteiger partial charge is 0.508 e. The fourth-order valence-electron chi connectivity index (χ4n) is 2.35. The van der Waals surface area contributed by atoms with Gasteiger partial charge in [0, 0.05) is 6.07 Å². The monoisotopic (exact) mass is 288 g/mol. The second-order valence-electron chi connectivity index (χ2n) is 4.93. The van der Waals surface area contributed by atoms with Crippen LogP contribution in [-0.2, 0) is 12.8 Å². The second-order valence-corrected chi connectivity index (χ2v) is 4.93. The van der Waals surface area contributed by atoms with E-state index < -0.39 is 0 Å². The summed E-state index contributed by atoms with van der Waals surface area (Å²) in [7, 11) is 3.26. The number of phenols is 2. The predicted molar refractivity (Wildman–Crippen MR) is 81.5 cm³/mol. The van der Waals surface area contributed by atoms with E-state index in [0.29, 0.717) is 6.42 Å². The minimum Gasteiger partial charge on any atom is -0.508 e. The summed E-state index contributed by atoms with van der Waals surface area (Å²) in [6.45, 7) is 1.84. The molecule has 0 aliphatic carbocycles. The van der Waals surface area contributed by atoms with Crippen molar-refractivity contribution in [2.24, 2.45) is 0 Å². The third-order valence-corrected chi connectivity index (χ3v) is 3.62. The van der Waals surface area contributed by atoms with Gasteiger partial charge in [0.05, 0.1) is 14.2 Å². The molecule has 4 heteroatoms. The summed E-state index contributed by atoms with van der Waals surface area (Å²) in [6, 6.07) is 8.71. The molecule has 0 aliphatic heterocycles. The lowest BCUT2D eigenvalue weighted by atomic mass is 9.99. The van der Waals surface area contributed by atoms with Crippen LogP contribution >= 0.6 is 0 Å². The third kappa shape index (κ3) is 3.40. The van der Waals surface area contributed by atoms with Crippen LogP contribution in [-0.4, -0.2) is 24.4 Å². The van der Waals surface area contributed by atoms with E-state index in [9.17, 15) is 10.2 Å². The van der Waals surface area contributed by atoms with Crippen molar-refractivity contribution in [3.63, 3.8) is 0 Å². The van der Waals surface area contributed by atoms with Gasteiger partial charge >= 0.3 is 0 Å². The Labute approximate surface area is 124 Å². The predicted octanol–water partition coefficient (Wildman–Crippen LogP) is 3.21. The number of ether oxygens (including phenoxy) is 2. The average molecular weight is 288 g/mol. The zero-order chi connectivity index (χ0) is 15.4. The number of phenolic OH excluding ortho intramolecular Hbond substituents is 2. The van der Waals surface area contributed by atoms with Crippen LogP contribution in [0.2, 0.25) is 0 Å². The highest BCUT2D eigenvalue weighted by atomic mass is 16.5. The van der Waals surface area contributed by atoms with Crippen LogP contribution in [0.1, 0.15) is 16.7 Å². The zero-order valence-electron chi connectivity index (χ0n) is 12.5. The molecule has 0 bridgehead atoms. The average Bonchev–Trinajstić information content (AvgIpc) is 2.49. The number of benzene rings is 2. The standard InChI is InChI=1S/C17H20O4/c1-11-12(8-14(18)10-16(11)19)4-5-13-9-15(20-2)6-7-17(13)21-3/h6-10,18-19H,4-5H2,1-3H3. The van der Waals surface area contributed by atoms with Gasteiger partial charge in [0.2, 0.25) is 0 Å². The second kappa shape index (κ2) is 6.39. The molecule has 0 heterocycles. The van der Waals surface area contributed by atoms with E-state index in [4.69, 9.17) is 9.47 Å². The topological polar surface area (TPSA) is 58.9 Å². The summed E-state index contributed by atoms with van der Waals surface area (Å²) in [5, 5.41) is 19.4. The molecule has 2 rings (SSSR count). The minimum absolute atomic E-state index is 0.0747. The Morgan fingerprint density at radius 3 is 2.29 bits per heavy atom. The molecule has 4 nitrogen and oxygen atoms in total. The SMILES string of the molecule is COc1ccc(OC)c(CCc2cc(O)cc(O)c2C)c1. The van der Waals surface area contributed by atoms with Crippen LogP contribution in [0.5, 0.6) is 23.0 Å². The molecule has 112 valence electrons. The fraction of sp³-hybridized carbons (Fsp3) is 0.294. The van der Waals surface area contributed by atoms with Crippen molar-refractivity contribution in [1.29, 1.82) is 0 Å². The first-order chi connectivity index (χ1) is 10.0. The number of aromatic hydroxyl groups is 2. The molecule has 0 aromatic heterocycles. The van der Waals surface area contributed by atoms with Crippen LogP contribution in [0.4, 0.5) is 0 Å². The summed E-state index contributed by atoms with van der Waals surface area (Å²) < 4.78 is 10.6. The first-order valence-electron chi connectivity index (χ1n) is 6.77. The van der Waals surface area contributed by atoms with E-state index in [2.05, 4.69) is 0 Å². The number of hydrogen-bond acceptors (Lipinski definition) is 4. The molecule has 0 amide bonds. The Morgan fingerprint density at radius 1 is 0.905 bits per heavy atom. The molecule has 21 heavy (non-hydrogen) atoms. The van der Waals surface area contributed by atoms with Gasteiger partial charge in [-0.05, 0) is 60.7 Å². The van der Waals surface area contributed by atoms with Gasteiger partial charge in [-0.25, -0.2) is 0 Å². The lowest BCUT2D eigenvalue weighted by Gasteiger charge is -2.12. The first-order valence-corrected chi connectivity index (χ1v) is 6.77. The Hall–Kier alpha value is -2.36. The molecular formula is C17H20O4. The van der Waals surface area contributed by atoms with Crippen molar-refractivity contribution in [1.82, 2.24) is 0 Å². The third-order valence-electron chi connectivity index (χ3n) is 3.62. The van der Waals surface area contributed by atoms with E-state index in [1.807, 2.05) is 25.1 Å². The van der Waals surface area contributed by atoms with Gasteiger partial charge in [-0.15, -0.1) is 0 Å². The highest BCUT2D eigenvalue weighted by Crippen LogP contribution is 2.29. The maximum absolute atomic E-state index is 9.76. The van der Waals surface area contributed by atoms with Crippen LogP contribution in [0.25, 0.3) is 0 Å². The molecule has 0 unspecified atom stereocenters. The molecule has 0 radical (unpaired) electrons. The van der Waals surface area contributed by atoms with Gasteiger partial charge in [0.1, 0.15) is 23.0 Å². The lowest BCUT2D eigenvalue weighted by molar-refractivity contribution is 0.398. The Balaban J connectivity index is 2.23. The number of methoxy groups -OCH3 is 2. The van der Waals surface area contributed by atoms with Crippen molar-refractivity contribution in [3.8, 4) is 23.0 Å². The highest BCUT2D eigenvalue weighted by Gasteiger charge is 2.09. The molecule has 0 saturated heterocycles. The normalized spacial score (nSPS) is 10.4. The van der Waals surface area contributed by atoms with Crippen molar-refractivity contribution in [2.75, 3.05) is 14.2 Å². The summed E-state index contributed by atoms with van der Waals surface area (Å²) in [5.74, 6) is 1.77. The molecule has 0 aliphatic rings. The molecule has 2 N–H and O–H groups in total. The number of aryl methyl sites for hydroxylation is 2. The first kappa shape index (κ1) is 15.0. The van der Waals surface area contributed by atoms with Gasteiger partial charge in [-0.1, -0.05) is 0 Å². The number of hydrogen-bond donors (Lipinski definition) is 2. The fourth-order valence-corrected chi connectivity index (χ4v) is 2.35. The van der Waals surface area contributed by atoms with E-state index in [-0.39, 0.29) is 11.5 Å². The lowest BCUT2D eigenvalue weighted by Crippen LogP contribution is -1.98. The summed E-state index contributed by atoms with van der Waals surface area (Å²) >= 11 is 0. The minimum atomic E-state index is 0.0747. The zero-order valence-corrected chi connectivity index (χ0v) is 12.5. The van der Waals surface area contributed by atoms with Gasteiger partial charge < -0.3 is 19.7 Å². The van der Waals surface area contributed by atoms with E-state index in [0.717, 1.165) is 34.6 Å². The smallest absolute Gasteiger partial charge is 0.122 e. The molecule has 0 atom stereocenters. The van der Waals surface area contributed by atoms with E-state index in [1.165, 1.54) is 6.07 Å². The van der Waals surface area contributed by atoms with Crippen molar-refractivity contribution >= 4 is 0 Å². The Morgan fingerprint density at radius 2 is 1.62 bits per heavy atom. The van der Waals surface area contributed by atoms with Gasteiger partial charge in [-0.2, -0.15) is 0 Å². The van der Waals surface area contributed by atoms with Crippen LogP contribution in [0.3, 0.4) is 0 Å². The van der Waals surface area contributed by atoms with Crippen LogP contribution in [0.15, 0.2) is 30.3 Å². The molecule has 2 aromatic rings. The Kier molecular flexibility index (Phi) is 4.58. The summed E-state index contributed by atoms with van der Waals surface area (Å²) in [6.07, 6.45) is 1.42. The number of rotatable bonds is 5. The van der Waals surface area contributed by atoms with Gasteiger partial charge in [0.15, 0.2) is 0 Å². The van der Waals surface area contributed by atoms with E-state index >= 15 is 0 Å². The molecule has 0 spiro atoms. The summed E-state index contributed by atoms with van der Waals surface area (Å²) in [4.78, 5) is 0. The van der Waals surface area contributed by atoms with E-state index in [1.54, 1.807) is 20.3 Å².